The van der Waals surface area contributed by atoms with Gasteiger partial charge in [0.05, 0.1) is 5.69 Å². The maximum absolute atomic E-state index is 5.86. The molecule has 0 heterocycles. The van der Waals surface area contributed by atoms with E-state index in [1.165, 1.54) is 5.56 Å². The quantitative estimate of drug-likeness (QED) is 0.718. The number of hydrogen-bond donors (Lipinski definition) is 2. The van der Waals surface area contributed by atoms with Gasteiger partial charge in [-0.1, -0.05) is 15.9 Å². The van der Waals surface area contributed by atoms with Crippen LogP contribution in [0.1, 0.15) is 11.1 Å². The molecule has 0 saturated carbocycles. The molecule has 0 unspecified atom stereocenters. The third kappa shape index (κ3) is 2.87. The number of benzene rings is 2. The van der Waals surface area contributed by atoms with Gasteiger partial charge >= 0.3 is 0 Å². The van der Waals surface area contributed by atoms with E-state index >= 15 is 0 Å². The van der Waals surface area contributed by atoms with Gasteiger partial charge in [0.25, 0.3) is 0 Å². The van der Waals surface area contributed by atoms with Gasteiger partial charge in [-0.05, 0) is 71.2 Å². The van der Waals surface area contributed by atoms with Gasteiger partial charge < -0.3 is 11.1 Å². The van der Waals surface area contributed by atoms with Crippen molar-refractivity contribution >= 4 is 48.9 Å². The number of nitrogens with one attached hydrogen (secondary N) is 1. The van der Waals surface area contributed by atoms with E-state index in [0.29, 0.717) is 0 Å². The van der Waals surface area contributed by atoms with Gasteiger partial charge in [-0.2, -0.15) is 0 Å². The predicted molar refractivity (Wildman–Crippen MR) is 85.5 cm³/mol. The number of rotatable bonds is 2. The minimum absolute atomic E-state index is 0.791. The largest absolute Gasteiger partial charge is 0.398 e. The van der Waals surface area contributed by atoms with Crippen molar-refractivity contribution in [2.75, 3.05) is 11.1 Å². The molecule has 0 aliphatic heterocycles. The van der Waals surface area contributed by atoms with Gasteiger partial charge in [-0.25, -0.2) is 0 Å². The molecule has 0 bridgehead atoms. The molecule has 18 heavy (non-hydrogen) atoms. The smallest absolute Gasteiger partial charge is 0.0532 e. The molecule has 0 amide bonds. The number of anilines is 3. The monoisotopic (exact) mass is 368 g/mol. The van der Waals surface area contributed by atoms with Crippen molar-refractivity contribution in [3.63, 3.8) is 0 Å². The minimum atomic E-state index is 0.791. The van der Waals surface area contributed by atoms with E-state index < -0.39 is 0 Å². The Kier molecular flexibility index (Phi) is 3.97. The highest BCUT2D eigenvalue weighted by molar-refractivity contribution is 9.10. The predicted octanol–water partition coefficient (Wildman–Crippen LogP) is 5.15. The van der Waals surface area contributed by atoms with Crippen molar-refractivity contribution in [1.29, 1.82) is 0 Å². The molecular weight excluding hydrogens is 356 g/mol. The molecule has 2 aromatic rings. The maximum atomic E-state index is 5.86. The van der Waals surface area contributed by atoms with Gasteiger partial charge in [0.2, 0.25) is 0 Å². The third-order valence-electron chi connectivity index (χ3n) is 2.79. The lowest BCUT2D eigenvalue weighted by atomic mass is 10.1. The zero-order chi connectivity index (χ0) is 13.3. The summed E-state index contributed by atoms with van der Waals surface area (Å²) < 4.78 is 2.08. The number of hydrogen-bond acceptors (Lipinski definition) is 2. The molecule has 0 radical (unpaired) electrons. The molecule has 0 aromatic heterocycles. The van der Waals surface area contributed by atoms with Gasteiger partial charge in [-0.3, -0.25) is 0 Å². The second-order valence-corrected chi connectivity index (χ2v) is 5.99. The zero-order valence-corrected chi connectivity index (χ0v) is 13.4. The number of halogens is 2. The Morgan fingerprint density at radius 3 is 2.33 bits per heavy atom. The number of aryl methyl sites for hydroxylation is 2. The van der Waals surface area contributed by atoms with Crippen LogP contribution in [0.25, 0.3) is 0 Å². The first-order chi connectivity index (χ1) is 8.47. The minimum Gasteiger partial charge on any atom is -0.398 e. The average Bonchev–Trinajstić information content (AvgIpc) is 2.31. The summed E-state index contributed by atoms with van der Waals surface area (Å²) in [6.07, 6.45) is 0. The van der Waals surface area contributed by atoms with E-state index in [2.05, 4.69) is 50.2 Å². The Morgan fingerprint density at radius 1 is 0.944 bits per heavy atom. The summed E-state index contributed by atoms with van der Waals surface area (Å²) in [6.45, 7) is 4.07. The third-order valence-corrected chi connectivity index (χ3v) is 4.34. The van der Waals surface area contributed by atoms with Crippen molar-refractivity contribution in [3.8, 4) is 0 Å². The van der Waals surface area contributed by atoms with Crippen LogP contribution in [0.5, 0.6) is 0 Å². The normalized spacial score (nSPS) is 10.4. The highest BCUT2D eigenvalue weighted by Gasteiger charge is 2.05. The first kappa shape index (κ1) is 13.4. The molecule has 0 aliphatic rings. The SMILES string of the molecule is Cc1cc(Nc2ccc(Br)c(C)c2)c(Br)cc1N. The fraction of sp³-hybridized carbons (Fsp3) is 0.143. The number of nitrogens with two attached hydrogens (primary N) is 1. The molecule has 0 saturated heterocycles. The molecule has 0 spiro atoms. The van der Waals surface area contributed by atoms with Crippen molar-refractivity contribution in [3.05, 3.63) is 50.4 Å². The van der Waals surface area contributed by atoms with Crippen LogP contribution in [-0.4, -0.2) is 0 Å². The van der Waals surface area contributed by atoms with Crippen LogP contribution in [-0.2, 0) is 0 Å². The van der Waals surface area contributed by atoms with E-state index in [4.69, 9.17) is 5.73 Å². The summed E-state index contributed by atoms with van der Waals surface area (Å²) >= 11 is 7.02. The topological polar surface area (TPSA) is 38.0 Å². The second-order valence-electron chi connectivity index (χ2n) is 4.28. The van der Waals surface area contributed by atoms with E-state index in [1.54, 1.807) is 0 Å². The highest BCUT2D eigenvalue weighted by Crippen LogP contribution is 2.31. The van der Waals surface area contributed by atoms with Gasteiger partial charge in [0, 0.05) is 20.3 Å². The molecule has 2 nitrogen and oxygen atoms in total. The number of nitrogen functional groups attached to an aromatic ring is 1. The van der Waals surface area contributed by atoms with E-state index in [1.807, 2.05) is 31.2 Å². The Hall–Kier alpha value is -1.00. The summed E-state index contributed by atoms with van der Waals surface area (Å²) in [5, 5.41) is 3.39. The van der Waals surface area contributed by atoms with Gasteiger partial charge in [-0.15, -0.1) is 0 Å². The summed E-state index contributed by atoms with van der Waals surface area (Å²) in [6, 6.07) is 10.1. The molecule has 2 aromatic carbocycles. The Balaban J connectivity index is 2.34. The molecule has 4 heteroatoms. The second kappa shape index (κ2) is 5.33. The van der Waals surface area contributed by atoms with E-state index in [9.17, 15) is 0 Å². The summed E-state index contributed by atoms with van der Waals surface area (Å²) in [7, 11) is 0. The van der Waals surface area contributed by atoms with Crippen LogP contribution in [0, 0.1) is 13.8 Å². The molecule has 3 N–H and O–H groups in total. The molecule has 94 valence electrons. The molecule has 0 fully saturated rings. The lowest BCUT2D eigenvalue weighted by Crippen LogP contribution is -1.96. The standard InChI is InChI=1S/C14H14Br2N2/c1-8-5-10(3-4-11(8)15)18-14-6-9(2)13(17)7-12(14)16/h3-7,18H,17H2,1-2H3. The van der Waals surface area contributed by atoms with Crippen LogP contribution in [0.2, 0.25) is 0 Å². The van der Waals surface area contributed by atoms with Crippen LogP contribution >= 0.6 is 31.9 Å². The average molecular weight is 370 g/mol. The van der Waals surface area contributed by atoms with Crippen LogP contribution in [0.3, 0.4) is 0 Å². The Bertz CT molecular complexity index is 595. The first-order valence-corrected chi connectivity index (χ1v) is 7.15. The molecule has 0 atom stereocenters. The molecule has 2 rings (SSSR count). The summed E-state index contributed by atoms with van der Waals surface area (Å²) in [5.74, 6) is 0. The highest BCUT2D eigenvalue weighted by atomic mass is 79.9. The van der Waals surface area contributed by atoms with Crippen molar-refractivity contribution in [1.82, 2.24) is 0 Å². The van der Waals surface area contributed by atoms with Crippen molar-refractivity contribution in [2.24, 2.45) is 0 Å². The van der Waals surface area contributed by atoms with Crippen LogP contribution in [0.15, 0.2) is 39.3 Å². The maximum Gasteiger partial charge on any atom is 0.0532 e. The lowest BCUT2D eigenvalue weighted by Gasteiger charge is -2.12. The Labute approximate surface area is 124 Å². The molecule has 0 aliphatic carbocycles. The lowest BCUT2D eigenvalue weighted by molar-refractivity contribution is 1.40. The van der Waals surface area contributed by atoms with Gasteiger partial charge in [0.1, 0.15) is 0 Å². The van der Waals surface area contributed by atoms with Crippen molar-refractivity contribution in [2.45, 2.75) is 13.8 Å². The van der Waals surface area contributed by atoms with E-state index in [-0.39, 0.29) is 0 Å². The fourth-order valence-corrected chi connectivity index (χ4v) is 2.38. The van der Waals surface area contributed by atoms with E-state index in [0.717, 1.165) is 31.6 Å². The summed E-state index contributed by atoms with van der Waals surface area (Å²) in [5.41, 5.74) is 11.0. The van der Waals surface area contributed by atoms with Crippen molar-refractivity contribution < 1.29 is 0 Å². The Morgan fingerprint density at radius 2 is 1.67 bits per heavy atom. The summed E-state index contributed by atoms with van der Waals surface area (Å²) in [4.78, 5) is 0. The zero-order valence-electron chi connectivity index (χ0n) is 10.2. The van der Waals surface area contributed by atoms with Gasteiger partial charge in [0.15, 0.2) is 0 Å². The van der Waals surface area contributed by atoms with Crippen LogP contribution in [0.4, 0.5) is 17.1 Å². The molecular formula is C14H14Br2N2. The first-order valence-electron chi connectivity index (χ1n) is 5.56. The fourth-order valence-electron chi connectivity index (χ4n) is 1.67. The van der Waals surface area contributed by atoms with Crippen LogP contribution < -0.4 is 11.1 Å².